The minimum absolute atomic E-state index is 0.642. The van der Waals surface area contributed by atoms with E-state index in [1.54, 1.807) is 5.57 Å². The monoisotopic (exact) mass is 508 g/mol. The number of allylic oxidation sites excluding steroid dienone is 12. The molecular formula is C36H48N2. The van der Waals surface area contributed by atoms with Gasteiger partial charge in [0.15, 0.2) is 0 Å². The van der Waals surface area contributed by atoms with Crippen molar-refractivity contribution in [2.45, 2.75) is 77.0 Å². The van der Waals surface area contributed by atoms with Crippen LogP contribution in [0.2, 0.25) is 0 Å². The zero-order valence-electron chi connectivity index (χ0n) is 23.2. The maximum Gasteiger partial charge on any atom is 0.0604 e. The maximum atomic E-state index is 8.14. The van der Waals surface area contributed by atoms with Crippen molar-refractivity contribution < 1.29 is 0 Å². The Morgan fingerprint density at radius 2 is 1.66 bits per heavy atom. The summed E-state index contributed by atoms with van der Waals surface area (Å²) in [7, 11) is 0. The molecule has 6 aliphatic rings. The van der Waals surface area contributed by atoms with E-state index in [1.807, 2.05) is 12.3 Å². The Labute approximate surface area is 231 Å². The first-order valence-electron chi connectivity index (χ1n) is 15.9. The number of rotatable bonds is 7. The summed E-state index contributed by atoms with van der Waals surface area (Å²) in [6.07, 6.45) is 44.9. The largest absolute Gasteiger partial charge is 0.386 e. The lowest BCUT2D eigenvalue weighted by Crippen LogP contribution is -2.39. The van der Waals surface area contributed by atoms with Crippen molar-refractivity contribution in [1.29, 1.82) is 5.41 Å². The third kappa shape index (κ3) is 5.80. The van der Waals surface area contributed by atoms with Crippen LogP contribution in [0.15, 0.2) is 84.2 Å². The standard InChI is InChI=1S/C36H48N2/c37-36(32-24-38-25-32)15-5-4-10-30-11-6-14-35-33(30)12-7-13-34(35)31-22-20-29(21-23-31)28-18-16-27(17-19-28)26-8-2-1-3-9-26/h2,4-5,8,10,15-16,18-20,22,24,26-27,29-31,33-35,37-38H,1,3,6-7,9,11-14,17,21,23,25H2/b10-4+,15-5-,37-36?/t26?,27-,29-,30?,31?,33?,34?,35?/m1/s1. The zero-order chi connectivity index (χ0) is 25.7. The van der Waals surface area contributed by atoms with E-state index in [-0.39, 0.29) is 0 Å². The van der Waals surface area contributed by atoms with Gasteiger partial charge in [-0.25, -0.2) is 0 Å². The van der Waals surface area contributed by atoms with Crippen LogP contribution in [0.3, 0.4) is 0 Å². The molecule has 0 bridgehead atoms. The van der Waals surface area contributed by atoms with Crippen LogP contribution in [0.25, 0.3) is 0 Å². The number of hydrogen-bond acceptors (Lipinski definition) is 2. The second-order valence-corrected chi connectivity index (χ2v) is 12.9. The molecule has 6 unspecified atom stereocenters. The fourth-order valence-corrected chi connectivity index (χ4v) is 8.63. The van der Waals surface area contributed by atoms with Crippen molar-refractivity contribution in [2.24, 2.45) is 47.3 Å². The number of nitrogens with one attached hydrogen (secondary N) is 2. The second kappa shape index (κ2) is 12.2. The van der Waals surface area contributed by atoms with E-state index >= 15 is 0 Å². The van der Waals surface area contributed by atoms with E-state index in [0.29, 0.717) is 11.6 Å². The molecule has 38 heavy (non-hydrogen) atoms. The predicted octanol–water partition coefficient (Wildman–Crippen LogP) is 8.88. The van der Waals surface area contributed by atoms with Crippen LogP contribution >= 0.6 is 0 Å². The van der Waals surface area contributed by atoms with Gasteiger partial charge in [-0.15, -0.1) is 0 Å². The summed E-state index contributed by atoms with van der Waals surface area (Å²) in [6, 6.07) is 0. The molecule has 202 valence electrons. The molecule has 2 N–H and O–H groups in total. The molecule has 2 nitrogen and oxygen atoms in total. The summed E-state index contributed by atoms with van der Waals surface area (Å²) in [5.74, 6) is 6.32. The molecule has 2 heteroatoms. The van der Waals surface area contributed by atoms with Gasteiger partial charge in [0.1, 0.15) is 0 Å². The molecule has 5 aliphatic carbocycles. The smallest absolute Gasteiger partial charge is 0.0604 e. The molecule has 0 aromatic rings. The minimum atomic E-state index is 0.642. The first-order chi connectivity index (χ1) is 18.8. The normalized spacial score (nSPS) is 38.8. The first-order valence-corrected chi connectivity index (χ1v) is 15.9. The molecule has 0 amide bonds. The number of hydrogen-bond donors (Lipinski definition) is 2. The van der Waals surface area contributed by atoms with Gasteiger partial charge in [-0.2, -0.15) is 0 Å². The Kier molecular flexibility index (Phi) is 8.33. The topological polar surface area (TPSA) is 35.9 Å². The van der Waals surface area contributed by atoms with Crippen molar-refractivity contribution in [2.75, 3.05) is 6.54 Å². The quantitative estimate of drug-likeness (QED) is 0.201. The lowest BCUT2D eigenvalue weighted by molar-refractivity contribution is 0.0473. The average molecular weight is 509 g/mol. The van der Waals surface area contributed by atoms with Gasteiger partial charge in [0.05, 0.1) is 5.71 Å². The van der Waals surface area contributed by atoms with Gasteiger partial charge >= 0.3 is 0 Å². The first kappa shape index (κ1) is 25.9. The summed E-state index contributed by atoms with van der Waals surface area (Å²) in [5.41, 5.74) is 3.35. The van der Waals surface area contributed by atoms with Crippen molar-refractivity contribution >= 4 is 5.71 Å². The Morgan fingerprint density at radius 3 is 2.39 bits per heavy atom. The highest BCUT2D eigenvalue weighted by molar-refractivity contribution is 6.07. The molecule has 0 aromatic carbocycles. The fraction of sp³-hybridized carbons (Fsp3) is 0.583. The van der Waals surface area contributed by atoms with Crippen molar-refractivity contribution in [3.05, 3.63) is 84.2 Å². The molecule has 0 radical (unpaired) electrons. The third-order valence-corrected chi connectivity index (χ3v) is 10.8. The Morgan fingerprint density at radius 1 is 0.789 bits per heavy atom. The van der Waals surface area contributed by atoms with Crippen molar-refractivity contribution in [3.8, 4) is 0 Å². The fourth-order valence-electron chi connectivity index (χ4n) is 8.63. The highest BCUT2D eigenvalue weighted by Crippen LogP contribution is 2.51. The molecule has 0 aromatic heterocycles. The maximum absolute atomic E-state index is 8.14. The molecule has 2 saturated carbocycles. The van der Waals surface area contributed by atoms with Crippen molar-refractivity contribution in [1.82, 2.24) is 5.32 Å². The molecule has 0 spiro atoms. The second-order valence-electron chi connectivity index (χ2n) is 12.9. The molecular weight excluding hydrogens is 460 g/mol. The van der Waals surface area contributed by atoms with E-state index in [1.165, 1.54) is 77.0 Å². The van der Waals surface area contributed by atoms with Crippen LogP contribution in [0.1, 0.15) is 77.0 Å². The highest BCUT2D eigenvalue weighted by Gasteiger charge is 2.42. The highest BCUT2D eigenvalue weighted by atomic mass is 14.9. The summed E-state index contributed by atoms with van der Waals surface area (Å²) < 4.78 is 0. The van der Waals surface area contributed by atoms with Gasteiger partial charge in [-0.3, -0.25) is 0 Å². The molecule has 1 heterocycles. The van der Waals surface area contributed by atoms with E-state index in [0.717, 1.165) is 53.5 Å². The SMILES string of the molecule is N=C(/C=C\C=C\C1CCCC2C(C3C=C[C@@H](C4=CC[C@H](C5C=CCCC5)C=C4)CC3)CCCC12)C1=CNC1. The van der Waals surface area contributed by atoms with Crippen LogP contribution in [-0.2, 0) is 0 Å². The van der Waals surface area contributed by atoms with Gasteiger partial charge < -0.3 is 10.7 Å². The van der Waals surface area contributed by atoms with E-state index in [9.17, 15) is 0 Å². The van der Waals surface area contributed by atoms with Crippen molar-refractivity contribution in [3.63, 3.8) is 0 Å². The van der Waals surface area contributed by atoms with Gasteiger partial charge in [-0.05, 0) is 117 Å². The molecule has 0 saturated heterocycles. The summed E-state index contributed by atoms with van der Waals surface area (Å²) in [6.45, 7) is 0.837. The van der Waals surface area contributed by atoms with Crippen LogP contribution in [-0.4, -0.2) is 12.3 Å². The summed E-state index contributed by atoms with van der Waals surface area (Å²) in [4.78, 5) is 0. The van der Waals surface area contributed by atoms with Crippen LogP contribution in [0, 0.1) is 52.8 Å². The average Bonchev–Trinajstić information content (AvgIpc) is 2.95. The van der Waals surface area contributed by atoms with Gasteiger partial charge in [0, 0.05) is 24.2 Å². The zero-order valence-corrected chi connectivity index (χ0v) is 23.2. The lowest BCUT2D eigenvalue weighted by Gasteiger charge is -2.48. The molecule has 6 rings (SSSR count). The van der Waals surface area contributed by atoms with Crippen LogP contribution < -0.4 is 5.32 Å². The van der Waals surface area contributed by atoms with E-state index < -0.39 is 0 Å². The molecule has 2 fully saturated rings. The summed E-state index contributed by atoms with van der Waals surface area (Å²) in [5, 5.41) is 11.3. The van der Waals surface area contributed by atoms with E-state index in [2.05, 4.69) is 66.1 Å². The Bertz CT molecular complexity index is 1060. The third-order valence-electron chi connectivity index (χ3n) is 10.8. The van der Waals surface area contributed by atoms with Crippen LogP contribution in [0.5, 0.6) is 0 Å². The lowest BCUT2D eigenvalue weighted by atomic mass is 9.57. The molecule has 1 aliphatic heterocycles. The minimum Gasteiger partial charge on any atom is -0.386 e. The molecule has 8 atom stereocenters. The Hall–Kier alpha value is -2.35. The van der Waals surface area contributed by atoms with Gasteiger partial charge in [0.2, 0.25) is 0 Å². The van der Waals surface area contributed by atoms with E-state index in [4.69, 9.17) is 5.41 Å². The number of fused-ring (bicyclic) bond motifs is 1. The van der Waals surface area contributed by atoms with Gasteiger partial charge in [-0.1, -0.05) is 73.6 Å². The van der Waals surface area contributed by atoms with Gasteiger partial charge in [0.25, 0.3) is 0 Å². The predicted molar refractivity (Wildman–Crippen MR) is 161 cm³/mol. The summed E-state index contributed by atoms with van der Waals surface area (Å²) >= 11 is 0. The Balaban J connectivity index is 1.04. The van der Waals surface area contributed by atoms with Crippen LogP contribution in [0.4, 0.5) is 0 Å².